The quantitative estimate of drug-likeness (QED) is 0.820. The Hall–Kier alpha value is -1.79. The summed E-state index contributed by atoms with van der Waals surface area (Å²) in [6.45, 7) is 2.69. The molecule has 0 aromatic heterocycles. The van der Waals surface area contributed by atoms with Gasteiger partial charge in [-0.25, -0.2) is 0 Å². The number of hydrogen-bond donors (Lipinski definition) is 1. The van der Waals surface area contributed by atoms with Gasteiger partial charge in [-0.3, -0.25) is 4.79 Å². The van der Waals surface area contributed by atoms with E-state index < -0.39 is 0 Å². The first-order valence-corrected chi connectivity index (χ1v) is 8.52. The van der Waals surface area contributed by atoms with Crippen LogP contribution in [-0.2, 0) is 16.1 Å². The van der Waals surface area contributed by atoms with E-state index in [0.29, 0.717) is 25.6 Å². The SMILES string of the molecule is COc1ccc(OC)c(CN(C(=O)CC2COCCN2)C2CC2)c1. The normalized spacial score (nSPS) is 20.5. The zero-order valence-corrected chi connectivity index (χ0v) is 14.4. The van der Waals surface area contributed by atoms with Crippen molar-refractivity contribution in [3.8, 4) is 11.5 Å². The number of hydrogen-bond acceptors (Lipinski definition) is 5. The maximum Gasteiger partial charge on any atom is 0.224 e. The zero-order chi connectivity index (χ0) is 16.9. The maximum atomic E-state index is 12.8. The first-order chi connectivity index (χ1) is 11.7. The number of benzene rings is 1. The van der Waals surface area contributed by atoms with Crippen LogP contribution < -0.4 is 14.8 Å². The minimum Gasteiger partial charge on any atom is -0.497 e. The lowest BCUT2D eigenvalue weighted by atomic mass is 10.1. The molecular formula is C18H26N2O4. The molecule has 6 nitrogen and oxygen atoms in total. The summed E-state index contributed by atoms with van der Waals surface area (Å²) in [5.41, 5.74) is 0.977. The maximum absolute atomic E-state index is 12.8. The molecule has 1 heterocycles. The van der Waals surface area contributed by atoms with Gasteiger partial charge in [0.25, 0.3) is 0 Å². The van der Waals surface area contributed by atoms with E-state index in [4.69, 9.17) is 14.2 Å². The van der Waals surface area contributed by atoms with Gasteiger partial charge in [-0.15, -0.1) is 0 Å². The Bertz CT molecular complexity index is 568. The van der Waals surface area contributed by atoms with Gasteiger partial charge in [0.1, 0.15) is 11.5 Å². The lowest BCUT2D eigenvalue weighted by Crippen LogP contribution is -2.45. The van der Waals surface area contributed by atoms with E-state index in [1.807, 2.05) is 23.1 Å². The Morgan fingerprint density at radius 2 is 2.17 bits per heavy atom. The fraction of sp³-hybridized carbons (Fsp3) is 0.611. The highest BCUT2D eigenvalue weighted by atomic mass is 16.5. The van der Waals surface area contributed by atoms with Crippen LogP contribution in [0.1, 0.15) is 24.8 Å². The molecule has 0 bridgehead atoms. The van der Waals surface area contributed by atoms with Crippen molar-refractivity contribution in [2.75, 3.05) is 34.0 Å². The molecular weight excluding hydrogens is 308 g/mol. The molecule has 1 amide bonds. The van der Waals surface area contributed by atoms with Crippen molar-refractivity contribution in [3.05, 3.63) is 23.8 Å². The Balaban J connectivity index is 1.70. The Morgan fingerprint density at radius 1 is 1.33 bits per heavy atom. The molecule has 3 rings (SSSR count). The monoisotopic (exact) mass is 334 g/mol. The van der Waals surface area contributed by atoms with E-state index in [1.54, 1.807) is 14.2 Å². The van der Waals surface area contributed by atoms with Gasteiger partial charge in [0.05, 0.1) is 27.4 Å². The highest BCUT2D eigenvalue weighted by Gasteiger charge is 2.34. The van der Waals surface area contributed by atoms with Crippen molar-refractivity contribution in [1.29, 1.82) is 0 Å². The number of carbonyl (C=O) groups excluding carboxylic acids is 1. The Morgan fingerprint density at radius 3 is 2.79 bits per heavy atom. The number of methoxy groups -OCH3 is 2. The summed E-state index contributed by atoms with van der Waals surface area (Å²) in [6, 6.07) is 6.16. The van der Waals surface area contributed by atoms with Gasteiger partial charge in [0.15, 0.2) is 0 Å². The van der Waals surface area contributed by atoms with Crippen molar-refractivity contribution in [2.24, 2.45) is 0 Å². The van der Waals surface area contributed by atoms with E-state index in [-0.39, 0.29) is 11.9 Å². The summed E-state index contributed by atoms with van der Waals surface area (Å²) in [7, 11) is 3.29. The molecule has 6 heteroatoms. The predicted molar refractivity (Wildman–Crippen MR) is 90.3 cm³/mol. The minimum absolute atomic E-state index is 0.111. The van der Waals surface area contributed by atoms with Crippen LogP contribution in [0.3, 0.4) is 0 Å². The standard InChI is InChI=1S/C18H26N2O4/c1-22-16-5-6-17(23-2)13(9-16)11-20(15-3-4-15)18(21)10-14-12-24-8-7-19-14/h5-6,9,14-15,19H,3-4,7-8,10-12H2,1-2H3. The highest BCUT2D eigenvalue weighted by molar-refractivity contribution is 5.77. The largest absolute Gasteiger partial charge is 0.497 e. The number of ether oxygens (including phenoxy) is 3. The molecule has 1 N–H and O–H groups in total. The molecule has 24 heavy (non-hydrogen) atoms. The van der Waals surface area contributed by atoms with E-state index in [0.717, 1.165) is 43.1 Å². The first-order valence-electron chi connectivity index (χ1n) is 8.52. The lowest BCUT2D eigenvalue weighted by molar-refractivity contribution is -0.133. The van der Waals surface area contributed by atoms with Gasteiger partial charge >= 0.3 is 0 Å². The molecule has 132 valence electrons. The van der Waals surface area contributed by atoms with Crippen molar-refractivity contribution in [1.82, 2.24) is 10.2 Å². The summed E-state index contributed by atoms with van der Waals surface area (Å²) < 4.78 is 16.2. The van der Waals surface area contributed by atoms with E-state index >= 15 is 0 Å². The fourth-order valence-electron chi connectivity index (χ4n) is 3.07. The molecule has 1 aromatic rings. The van der Waals surface area contributed by atoms with Crippen molar-refractivity contribution >= 4 is 5.91 Å². The third kappa shape index (κ3) is 4.19. The zero-order valence-electron chi connectivity index (χ0n) is 14.4. The van der Waals surface area contributed by atoms with Crippen LogP contribution >= 0.6 is 0 Å². The van der Waals surface area contributed by atoms with E-state index in [2.05, 4.69) is 5.32 Å². The highest BCUT2D eigenvalue weighted by Crippen LogP contribution is 2.32. The van der Waals surface area contributed by atoms with E-state index in [1.165, 1.54) is 0 Å². The molecule has 1 atom stereocenters. The van der Waals surface area contributed by atoms with Crippen molar-refractivity contribution < 1.29 is 19.0 Å². The first kappa shape index (κ1) is 17.0. The topological polar surface area (TPSA) is 60.0 Å². The average molecular weight is 334 g/mol. The summed E-state index contributed by atoms with van der Waals surface area (Å²) in [5, 5.41) is 3.35. The second kappa shape index (κ2) is 7.85. The molecule has 2 aliphatic rings. The smallest absolute Gasteiger partial charge is 0.224 e. The number of nitrogens with zero attached hydrogens (tertiary/aromatic N) is 1. The van der Waals surface area contributed by atoms with Gasteiger partial charge < -0.3 is 24.4 Å². The van der Waals surface area contributed by atoms with Crippen LogP contribution in [0.5, 0.6) is 11.5 Å². The second-order valence-electron chi connectivity index (χ2n) is 6.36. The molecule has 1 saturated carbocycles. The molecule has 1 unspecified atom stereocenters. The number of rotatable bonds is 7. The van der Waals surface area contributed by atoms with Crippen molar-refractivity contribution in [2.45, 2.75) is 37.9 Å². The number of nitrogens with one attached hydrogen (secondary N) is 1. The van der Waals surface area contributed by atoms with Crippen molar-refractivity contribution in [3.63, 3.8) is 0 Å². The summed E-state index contributed by atoms with van der Waals surface area (Å²) >= 11 is 0. The van der Waals surface area contributed by atoms with Gasteiger partial charge in [-0.1, -0.05) is 0 Å². The van der Waals surface area contributed by atoms with Crippen LogP contribution in [0.15, 0.2) is 18.2 Å². The third-order valence-electron chi connectivity index (χ3n) is 4.56. The molecule has 1 saturated heterocycles. The fourth-order valence-corrected chi connectivity index (χ4v) is 3.07. The molecule has 0 spiro atoms. The third-order valence-corrected chi connectivity index (χ3v) is 4.56. The average Bonchev–Trinajstić information content (AvgIpc) is 3.45. The molecule has 1 aromatic carbocycles. The Kier molecular flexibility index (Phi) is 5.58. The second-order valence-corrected chi connectivity index (χ2v) is 6.36. The van der Waals surface area contributed by atoms with Crippen LogP contribution in [-0.4, -0.2) is 56.9 Å². The van der Waals surface area contributed by atoms with Gasteiger partial charge in [0.2, 0.25) is 5.91 Å². The van der Waals surface area contributed by atoms with Crippen LogP contribution in [0.4, 0.5) is 0 Å². The van der Waals surface area contributed by atoms with Gasteiger partial charge in [-0.2, -0.15) is 0 Å². The van der Waals surface area contributed by atoms with Crippen LogP contribution in [0.2, 0.25) is 0 Å². The molecule has 0 radical (unpaired) electrons. The molecule has 1 aliphatic heterocycles. The Labute approximate surface area is 143 Å². The number of amides is 1. The summed E-state index contributed by atoms with van der Waals surface area (Å²) in [6.07, 6.45) is 2.63. The summed E-state index contributed by atoms with van der Waals surface area (Å²) in [5.74, 6) is 1.73. The van der Waals surface area contributed by atoms with Gasteiger partial charge in [0, 0.05) is 37.2 Å². The minimum atomic E-state index is 0.111. The molecule has 2 fully saturated rings. The lowest BCUT2D eigenvalue weighted by Gasteiger charge is -2.28. The summed E-state index contributed by atoms with van der Waals surface area (Å²) in [4.78, 5) is 14.8. The van der Waals surface area contributed by atoms with E-state index in [9.17, 15) is 4.79 Å². The van der Waals surface area contributed by atoms with Crippen LogP contribution in [0.25, 0.3) is 0 Å². The predicted octanol–water partition coefficient (Wildman–Crippen LogP) is 1.57. The molecule has 1 aliphatic carbocycles. The number of carbonyl (C=O) groups is 1. The van der Waals surface area contributed by atoms with Gasteiger partial charge in [-0.05, 0) is 31.0 Å². The van der Waals surface area contributed by atoms with Crippen LogP contribution in [0, 0.1) is 0 Å². The number of morpholine rings is 1.